The third kappa shape index (κ3) is 3.99. The molecule has 0 spiro atoms. The van der Waals surface area contributed by atoms with E-state index in [0.29, 0.717) is 11.3 Å². The van der Waals surface area contributed by atoms with Crippen LogP contribution < -0.4 is 10.1 Å². The molecule has 0 bridgehead atoms. The number of halogens is 1. The van der Waals surface area contributed by atoms with Gasteiger partial charge in [0, 0.05) is 10.2 Å². The van der Waals surface area contributed by atoms with Gasteiger partial charge in [-0.05, 0) is 64.5 Å². The van der Waals surface area contributed by atoms with Gasteiger partial charge < -0.3 is 10.1 Å². The number of nitrogens with one attached hydrogen (secondary N) is 1. The summed E-state index contributed by atoms with van der Waals surface area (Å²) in [4.78, 5) is 12.2. The molecule has 0 saturated heterocycles. The lowest BCUT2D eigenvalue weighted by Gasteiger charge is -2.09. The number of hydrogen-bond donors (Lipinski definition) is 1. The van der Waals surface area contributed by atoms with Crippen LogP contribution in [0.2, 0.25) is 0 Å². The molecule has 1 amide bonds. The molecule has 0 radical (unpaired) electrons. The molecule has 0 heterocycles. The zero-order valence-corrected chi connectivity index (χ0v) is 13.8. The largest absolute Gasteiger partial charge is 0.457 e. The van der Waals surface area contributed by atoms with Gasteiger partial charge in [-0.3, -0.25) is 4.79 Å². The van der Waals surface area contributed by atoms with Crippen molar-refractivity contribution in [2.75, 3.05) is 5.32 Å². The highest BCUT2D eigenvalue weighted by Crippen LogP contribution is 2.23. The van der Waals surface area contributed by atoms with Crippen LogP contribution in [0.25, 0.3) is 0 Å². The monoisotopic (exact) mass is 367 g/mol. The number of amides is 1. The van der Waals surface area contributed by atoms with E-state index in [1.165, 1.54) is 0 Å². The first-order valence-corrected chi connectivity index (χ1v) is 7.90. The van der Waals surface area contributed by atoms with Crippen molar-refractivity contribution in [3.8, 4) is 11.5 Å². The lowest BCUT2D eigenvalue weighted by atomic mass is 10.2. The first-order valence-electron chi connectivity index (χ1n) is 7.11. The summed E-state index contributed by atoms with van der Waals surface area (Å²) in [6.07, 6.45) is 0. The van der Waals surface area contributed by atoms with Gasteiger partial charge in [0.05, 0.1) is 5.56 Å². The van der Waals surface area contributed by atoms with E-state index < -0.39 is 0 Å². The molecule has 0 atom stereocenters. The zero-order valence-electron chi connectivity index (χ0n) is 12.2. The van der Waals surface area contributed by atoms with E-state index >= 15 is 0 Å². The van der Waals surface area contributed by atoms with Crippen molar-refractivity contribution in [2.24, 2.45) is 0 Å². The maximum absolute atomic E-state index is 12.2. The lowest BCUT2D eigenvalue weighted by Crippen LogP contribution is -2.12. The third-order valence-electron chi connectivity index (χ3n) is 3.21. The fraction of sp³-hybridized carbons (Fsp3) is 0. The van der Waals surface area contributed by atoms with E-state index in [9.17, 15) is 4.79 Å². The van der Waals surface area contributed by atoms with Gasteiger partial charge in [0.15, 0.2) is 0 Å². The highest BCUT2D eigenvalue weighted by molar-refractivity contribution is 9.10. The van der Waals surface area contributed by atoms with Crippen molar-refractivity contribution >= 4 is 27.5 Å². The molecular weight excluding hydrogens is 354 g/mol. The van der Waals surface area contributed by atoms with Crippen molar-refractivity contribution in [3.05, 3.63) is 88.9 Å². The fourth-order valence-corrected chi connectivity index (χ4v) is 2.54. The van der Waals surface area contributed by atoms with Crippen LogP contribution in [0.1, 0.15) is 10.4 Å². The first-order chi connectivity index (χ1) is 11.2. The molecule has 0 aliphatic rings. The quantitative estimate of drug-likeness (QED) is 0.661. The fourth-order valence-electron chi connectivity index (χ4n) is 2.07. The molecule has 3 aromatic carbocycles. The predicted octanol–water partition coefficient (Wildman–Crippen LogP) is 5.49. The Morgan fingerprint density at radius 2 is 1.39 bits per heavy atom. The van der Waals surface area contributed by atoms with Gasteiger partial charge in [-0.2, -0.15) is 0 Å². The van der Waals surface area contributed by atoms with E-state index in [-0.39, 0.29) is 5.91 Å². The Bertz CT molecular complexity index is 801. The lowest BCUT2D eigenvalue weighted by molar-refractivity contribution is 0.102. The van der Waals surface area contributed by atoms with Gasteiger partial charge in [-0.15, -0.1) is 0 Å². The summed E-state index contributed by atoms with van der Waals surface area (Å²) >= 11 is 3.38. The minimum Gasteiger partial charge on any atom is -0.457 e. The molecular formula is C19H14BrNO2. The second-order valence-corrected chi connectivity index (χ2v) is 5.73. The molecule has 0 aliphatic carbocycles. The Morgan fingerprint density at radius 3 is 2.09 bits per heavy atom. The van der Waals surface area contributed by atoms with Crippen molar-refractivity contribution in [3.63, 3.8) is 0 Å². The van der Waals surface area contributed by atoms with Gasteiger partial charge >= 0.3 is 0 Å². The van der Waals surface area contributed by atoms with Crippen LogP contribution in [0, 0.1) is 0 Å². The number of rotatable bonds is 4. The minimum atomic E-state index is -0.158. The van der Waals surface area contributed by atoms with Crippen molar-refractivity contribution < 1.29 is 9.53 Å². The second-order valence-electron chi connectivity index (χ2n) is 4.87. The van der Waals surface area contributed by atoms with Crippen molar-refractivity contribution in [1.29, 1.82) is 0 Å². The molecule has 3 nitrogen and oxygen atoms in total. The summed E-state index contributed by atoms with van der Waals surface area (Å²) in [5.74, 6) is 1.33. The van der Waals surface area contributed by atoms with E-state index in [2.05, 4.69) is 21.2 Å². The molecule has 0 saturated carbocycles. The van der Waals surface area contributed by atoms with Crippen LogP contribution in [0.3, 0.4) is 0 Å². The molecule has 114 valence electrons. The molecule has 0 fully saturated rings. The van der Waals surface area contributed by atoms with Gasteiger partial charge in [0.25, 0.3) is 5.91 Å². The summed E-state index contributed by atoms with van der Waals surface area (Å²) in [6, 6.07) is 24.1. The highest BCUT2D eigenvalue weighted by Gasteiger charge is 2.09. The summed E-state index contributed by atoms with van der Waals surface area (Å²) in [6.45, 7) is 0. The van der Waals surface area contributed by atoms with Gasteiger partial charge in [0.1, 0.15) is 11.5 Å². The average Bonchev–Trinajstić information content (AvgIpc) is 2.58. The maximum atomic E-state index is 12.2. The molecule has 3 rings (SSSR count). The second kappa shape index (κ2) is 7.11. The van der Waals surface area contributed by atoms with Crippen LogP contribution in [-0.2, 0) is 0 Å². The summed E-state index contributed by atoms with van der Waals surface area (Å²) in [5, 5.41) is 2.87. The van der Waals surface area contributed by atoms with Crippen LogP contribution in [-0.4, -0.2) is 5.91 Å². The van der Waals surface area contributed by atoms with Gasteiger partial charge in [-0.25, -0.2) is 0 Å². The number of anilines is 1. The molecule has 3 aromatic rings. The van der Waals surface area contributed by atoms with Gasteiger partial charge in [0.2, 0.25) is 0 Å². The topological polar surface area (TPSA) is 38.3 Å². The summed E-state index contributed by atoms with van der Waals surface area (Å²) in [7, 11) is 0. The van der Waals surface area contributed by atoms with Crippen LogP contribution in [0.4, 0.5) is 5.69 Å². The number of carbonyl (C=O) groups is 1. The van der Waals surface area contributed by atoms with Crippen molar-refractivity contribution in [1.82, 2.24) is 0 Å². The normalized spacial score (nSPS) is 10.1. The number of carbonyl (C=O) groups excluding carboxylic acids is 1. The van der Waals surface area contributed by atoms with Crippen LogP contribution in [0.5, 0.6) is 11.5 Å². The van der Waals surface area contributed by atoms with E-state index in [1.54, 1.807) is 6.07 Å². The average molecular weight is 368 g/mol. The number of benzene rings is 3. The zero-order chi connectivity index (χ0) is 16.1. The molecule has 0 aromatic heterocycles. The minimum absolute atomic E-state index is 0.158. The molecule has 0 aliphatic heterocycles. The van der Waals surface area contributed by atoms with Crippen LogP contribution >= 0.6 is 15.9 Å². The number of hydrogen-bond acceptors (Lipinski definition) is 2. The maximum Gasteiger partial charge on any atom is 0.256 e. The first kappa shape index (κ1) is 15.3. The summed E-state index contributed by atoms with van der Waals surface area (Å²) in [5.41, 5.74) is 1.31. The smallest absolute Gasteiger partial charge is 0.256 e. The third-order valence-corrected chi connectivity index (χ3v) is 3.90. The molecule has 1 N–H and O–H groups in total. The Labute approximate surface area is 143 Å². The van der Waals surface area contributed by atoms with Crippen LogP contribution in [0.15, 0.2) is 83.3 Å². The number of ether oxygens (including phenoxy) is 1. The predicted molar refractivity (Wildman–Crippen MR) is 95.1 cm³/mol. The Morgan fingerprint density at radius 1 is 0.783 bits per heavy atom. The molecule has 0 unspecified atom stereocenters. The van der Waals surface area contributed by atoms with E-state index in [0.717, 1.165) is 16.0 Å². The highest BCUT2D eigenvalue weighted by atomic mass is 79.9. The number of para-hydroxylation sites is 1. The standard InChI is InChI=1S/C19H14BrNO2/c20-18-9-5-4-8-17(18)19(22)21-14-10-12-16(13-11-14)23-15-6-2-1-3-7-15/h1-13H,(H,21,22). The summed E-state index contributed by atoms with van der Waals surface area (Å²) < 4.78 is 6.49. The molecule has 23 heavy (non-hydrogen) atoms. The molecule has 4 heteroatoms. The van der Waals surface area contributed by atoms with Gasteiger partial charge in [-0.1, -0.05) is 30.3 Å². The Balaban J connectivity index is 1.68. The van der Waals surface area contributed by atoms with E-state index in [4.69, 9.17) is 4.74 Å². The van der Waals surface area contributed by atoms with E-state index in [1.807, 2.05) is 72.8 Å². The Hall–Kier alpha value is -2.59. The Kier molecular flexibility index (Phi) is 4.74. The SMILES string of the molecule is O=C(Nc1ccc(Oc2ccccc2)cc1)c1ccccc1Br. The van der Waals surface area contributed by atoms with Crippen molar-refractivity contribution in [2.45, 2.75) is 0 Å².